The maximum atomic E-state index is 10.0. The van der Waals surface area contributed by atoms with E-state index in [9.17, 15) is 10.2 Å². The number of anilines is 2. The Morgan fingerprint density at radius 2 is 2.03 bits per heavy atom. The number of pyridine rings is 1. The van der Waals surface area contributed by atoms with Gasteiger partial charge in [0.15, 0.2) is 5.82 Å². The first-order valence-corrected chi connectivity index (χ1v) is 13.0. The van der Waals surface area contributed by atoms with E-state index in [2.05, 4.69) is 19.8 Å². The van der Waals surface area contributed by atoms with Crippen molar-refractivity contribution in [3.8, 4) is 0 Å². The van der Waals surface area contributed by atoms with Crippen LogP contribution in [-0.2, 0) is 11.3 Å². The Bertz CT molecular complexity index is 1020. The van der Waals surface area contributed by atoms with Gasteiger partial charge in [0.25, 0.3) is 0 Å². The van der Waals surface area contributed by atoms with E-state index in [0.29, 0.717) is 28.2 Å². The van der Waals surface area contributed by atoms with E-state index in [1.807, 2.05) is 6.07 Å². The van der Waals surface area contributed by atoms with Crippen molar-refractivity contribution in [1.82, 2.24) is 15.0 Å². The largest absolute Gasteiger partial charge is 0.394 e. The van der Waals surface area contributed by atoms with E-state index in [1.165, 1.54) is 11.8 Å². The van der Waals surface area contributed by atoms with Gasteiger partial charge in [0.05, 0.1) is 43.7 Å². The third kappa shape index (κ3) is 4.47. The lowest BCUT2D eigenvalue weighted by atomic mass is 9.75. The van der Waals surface area contributed by atoms with Crippen molar-refractivity contribution in [3.63, 3.8) is 0 Å². The van der Waals surface area contributed by atoms with Crippen molar-refractivity contribution >= 4 is 35.0 Å². The summed E-state index contributed by atoms with van der Waals surface area (Å²) in [6.45, 7) is 3.69. The molecule has 0 amide bonds. The minimum atomic E-state index is -0.192. The van der Waals surface area contributed by atoms with E-state index in [4.69, 9.17) is 27.1 Å². The molecule has 34 heavy (non-hydrogen) atoms. The van der Waals surface area contributed by atoms with Crippen LogP contribution in [0.15, 0.2) is 28.4 Å². The molecule has 3 aliphatic heterocycles. The molecule has 11 heteroatoms. The Morgan fingerprint density at radius 1 is 1.21 bits per heavy atom. The monoisotopic (exact) mass is 506 g/mol. The third-order valence-corrected chi connectivity index (χ3v) is 8.84. The Hall–Kier alpha value is -1.69. The number of halogens is 1. The van der Waals surface area contributed by atoms with Gasteiger partial charge in [0.1, 0.15) is 16.5 Å². The molecule has 5 rings (SSSR count). The lowest BCUT2D eigenvalue weighted by Crippen LogP contribution is -2.49. The van der Waals surface area contributed by atoms with Gasteiger partial charge in [-0.25, -0.2) is 15.0 Å². The molecule has 2 aromatic heterocycles. The Morgan fingerprint density at radius 3 is 2.74 bits per heavy atom. The maximum absolute atomic E-state index is 10.0. The van der Waals surface area contributed by atoms with Crippen molar-refractivity contribution < 1.29 is 14.9 Å². The van der Waals surface area contributed by atoms with Crippen LogP contribution in [0.1, 0.15) is 31.4 Å². The molecular weight excluding hydrogens is 476 g/mol. The first-order valence-electron chi connectivity index (χ1n) is 11.8. The molecule has 4 N–H and O–H groups in total. The number of aliphatic hydroxyl groups excluding tert-OH is 2. The Balaban J connectivity index is 1.32. The molecule has 0 aliphatic carbocycles. The highest BCUT2D eigenvalue weighted by atomic mass is 35.5. The predicted octanol–water partition coefficient (Wildman–Crippen LogP) is 2.07. The quantitative estimate of drug-likeness (QED) is 0.536. The number of aromatic nitrogens is 3. The van der Waals surface area contributed by atoms with Crippen LogP contribution in [0.5, 0.6) is 0 Å². The zero-order valence-corrected chi connectivity index (χ0v) is 20.6. The number of nitrogens with zero attached hydrogens (tertiary/aromatic N) is 5. The van der Waals surface area contributed by atoms with Crippen LogP contribution < -0.4 is 15.5 Å². The van der Waals surface area contributed by atoms with Crippen LogP contribution in [-0.4, -0.2) is 76.7 Å². The lowest BCUT2D eigenvalue weighted by molar-refractivity contribution is 0.131. The van der Waals surface area contributed by atoms with Crippen molar-refractivity contribution in [3.05, 3.63) is 29.2 Å². The average Bonchev–Trinajstić information content (AvgIpc) is 3.48. The molecule has 2 aromatic rings. The molecule has 0 radical (unpaired) electrons. The molecule has 3 fully saturated rings. The van der Waals surface area contributed by atoms with Crippen LogP contribution in [0.25, 0.3) is 0 Å². The van der Waals surface area contributed by atoms with Gasteiger partial charge in [-0.05, 0) is 31.7 Å². The highest BCUT2D eigenvalue weighted by Crippen LogP contribution is 2.41. The standard InChI is InChI=1S/C23H31ClN6O3S/c24-20-17(3-6-26-22(20)30-7-1-2-15(30)11-31)34-19-10-27-21(16(12-32)28-19)29-8-4-23(5-9-29)14-33-13-18(23)25/h3,6,10,15,18,31-32H,1-2,4-5,7-9,11-14,25H2. The van der Waals surface area contributed by atoms with Gasteiger partial charge < -0.3 is 30.5 Å². The molecule has 1 spiro atoms. The first-order chi connectivity index (χ1) is 16.5. The SMILES string of the molecule is NC1COCC12CCN(c1ncc(Sc3ccnc(N4CCCC4CO)c3Cl)nc1CO)CC2. The maximum Gasteiger partial charge on any atom is 0.152 e. The summed E-state index contributed by atoms with van der Waals surface area (Å²) in [5.41, 5.74) is 6.92. The molecule has 0 saturated carbocycles. The molecular formula is C23H31ClN6O3S. The van der Waals surface area contributed by atoms with Gasteiger partial charge >= 0.3 is 0 Å². The van der Waals surface area contributed by atoms with E-state index in [0.717, 1.165) is 62.6 Å². The minimum absolute atomic E-state index is 0.0411. The topological polar surface area (TPSA) is 121 Å². The fourth-order valence-electron chi connectivity index (χ4n) is 5.29. The van der Waals surface area contributed by atoms with E-state index in [-0.39, 0.29) is 30.7 Å². The summed E-state index contributed by atoms with van der Waals surface area (Å²) in [6.07, 6.45) is 7.28. The van der Waals surface area contributed by atoms with Gasteiger partial charge in [-0.1, -0.05) is 23.4 Å². The molecule has 0 bridgehead atoms. The summed E-state index contributed by atoms with van der Waals surface area (Å²) in [4.78, 5) is 18.9. The average molecular weight is 507 g/mol. The Labute approximate surface area is 208 Å². The zero-order chi connectivity index (χ0) is 23.7. The lowest BCUT2D eigenvalue weighted by Gasteiger charge is -2.41. The van der Waals surface area contributed by atoms with Crippen LogP contribution in [0.4, 0.5) is 11.6 Å². The van der Waals surface area contributed by atoms with Crippen molar-refractivity contribution in [2.24, 2.45) is 11.1 Å². The number of nitrogens with two attached hydrogens (primary N) is 1. The number of rotatable bonds is 6. The second-order valence-corrected chi connectivity index (χ2v) is 10.8. The highest BCUT2D eigenvalue weighted by Gasteiger charge is 2.44. The summed E-state index contributed by atoms with van der Waals surface area (Å²) in [5, 5.41) is 20.9. The summed E-state index contributed by atoms with van der Waals surface area (Å²) < 4.78 is 5.63. The van der Waals surface area contributed by atoms with Gasteiger partial charge in [-0.2, -0.15) is 0 Å². The Kier molecular flexibility index (Phi) is 7.15. The zero-order valence-electron chi connectivity index (χ0n) is 19.1. The number of hydrogen-bond donors (Lipinski definition) is 3. The van der Waals surface area contributed by atoms with Crippen LogP contribution in [0, 0.1) is 5.41 Å². The first kappa shape index (κ1) is 24.0. The summed E-state index contributed by atoms with van der Waals surface area (Å²) in [6, 6.07) is 1.98. The van der Waals surface area contributed by atoms with Gasteiger partial charge in [0.2, 0.25) is 0 Å². The molecule has 2 unspecified atom stereocenters. The van der Waals surface area contributed by atoms with Crippen molar-refractivity contribution in [1.29, 1.82) is 0 Å². The van der Waals surface area contributed by atoms with Crippen molar-refractivity contribution in [2.75, 3.05) is 49.3 Å². The van der Waals surface area contributed by atoms with E-state index < -0.39 is 0 Å². The second kappa shape index (κ2) is 10.1. The fourth-order valence-corrected chi connectivity index (χ4v) is 6.42. The van der Waals surface area contributed by atoms with E-state index in [1.54, 1.807) is 12.4 Å². The van der Waals surface area contributed by atoms with E-state index >= 15 is 0 Å². The number of ether oxygens (including phenoxy) is 1. The molecule has 3 aliphatic rings. The normalized spacial score (nSPS) is 24.4. The van der Waals surface area contributed by atoms with Crippen LogP contribution >= 0.6 is 23.4 Å². The van der Waals surface area contributed by atoms with Gasteiger partial charge in [-0.15, -0.1) is 0 Å². The van der Waals surface area contributed by atoms with Crippen LogP contribution in [0.3, 0.4) is 0 Å². The summed E-state index contributed by atoms with van der Waals surface area (Å²) in [5.74, 6) is 1.41. The minimum Gasteiger partial charge on any atom is -0.394 e. The number of hydrogen-bond acceptors (Lipinski definition) is 10. The molecule has 9 nitrogen and oxygen atoms in total. The van der Waals surface area contributed by atoms with Gasteiger partial charge in [0, 0.05) is 42.2 Å². The number of aliphatic hydroxyl groups is 2. The molecule has 5 heterocycles. The molecule has 0 aromatic carbocycles. The smallest absolute Gasteiger partial charge is 0.152 e. The van der Waals surface area contributed by atoms with Crippen molar-refractivity contribution in [2.45, 2.75) is 54.3 Å². The predicted molar refractivity (Wildman–Crippen MR) is 131 cm³/mol. The molecule has 2 atom stereocenters. The fraction of sp³-hybridized carbons (Fsp3) is 0.609. The highest BCUT2D eigenvalue weighted by molar-refractivity contribution is 7.99. The van der Waals surface area contributed by atoms with Gasteiger partial charge in [-0.3, -0.25) is 0 Å². The number of piperidine rings is 1. The third-order valence-electron chi connectivity index (χ3n) is 7.39. The second-order valence-electron chi connectivity index (χ2n) is 9.33. The molecule has 3 saturated heterocycles. The summed E-state index contributed by atoms with van der Waals surface area (Å²) >= 11 is 8.12. The van der Waals surface area contributed by atoms with Crippen LogP contribution in [0.2, 0.25) is 5.02 Å². The summed E-state index contributed by atoms with van der Waals surface area (Å²) in [7, 11) is 0. The molecule has 184 valence electrons.